The Balaban J connectivity index is 0.000000219. The van der Waals surface area contributed by atoms with Crippen molar-refractivity contribution in [1.82, 2.24) is 4.98 Å². The number of ether oxygens (including phenoxy) is 1. The second kappa shape index (κ2) is 7.22. The Labute approximate surface area is 118 Å². The molecule has 5 N–H and O–H groups in total. The summed E-state index contributed by atoms with van der Waals surface area (Å²) < 4.78 is 4.32. The van der Waals surface area contributed by atoms with Crippen molar-refractivity contribution in [2.45, 2.75) is 12.2 Å². The fourth-order valence-corrected chi connectivity index (χ4v) is 1.31. The molecule has 9 nitrogen and oxygen atoms in total. The molecule has 0 amide bonds. The summed E-state index contributed by atoms with van der Waals surface area (Å²) in [5, 5.41) is 43.4. The Bertz CT molecular complexity index is 541. The topological polar surface area (TPSA) is 157 Å². The van der Waals surface area contributed by atoms with Gasteiger partial charge in [-0.05, 0) is 12.1 Å². The monoisotopic (exact) mass is 299 g/mol. The lowest BCUT2D eigenvalue weighted by Gasteiger charge is -2.13. The summed E-state index contributed by atoms with van der Waals surface area (Å²) in [5.74, 6) is -3.72. The van der Waals surface area contributed by atoms with Crippen LogP contribution in [0, 0.1) is 0 Å². The van der Waals surface area contributed by atoms with Crippen molar-refractivity contribution >= 4 is 11.9 Å². The Morgan fingerprint density at radius 3 is 2.43 bits per heavy atom. The van der Waals surface area contributed by atoms with E-state index < -0.39 is 42.3 Å². The van der Waals surface area contributed by atoms with Gasteiger partial charge >= 0.3 is 11.9 Å². The van der Waals surface area contributed by atoms with Crippen molar-refractivity contribution in [1.29, 1.82) is 0 Å². The van der Waals surface area contributed by atoms with Crippen molar-refractivity contribution in [3.8, 4) is 0 Å². The molecule has 0 spiro atoms. The van der Waals surface area contributed by atoms with Crippen molar-refractivity contribution in [3.05, 3.63) is 41.6 Å². The van der Waals surface area contributed by atoms with E-state index in [1.54, 1.807) is 6.07 Å². The van der Waals surface area contributed by atoms with Gasteiger partial charge in [-0.3, -0.25) is 4.98 Å². The molecule has 0 unspecified atom stereocenters. The third-order valence-corrected chi connectivity index (χ3v) is 2.38. The van der Waals surface area contributed by atoms with Crippen LogP contribution in [0.4, 0.5) is 0 Å². The predicted octanol–water partition coefficient (Wildman–Crippen LogP) is -0.628. The second-order valence-electron chi connectivity index (χ2n) is 3.86. The molecule has 2 rings (SSSR count). The molecule has 0 radical (unpaired) electrons. The molecule has 1 aromatic rings. The maximum atomic E-state index is 10.5. The third-order valence-electron chi connectivity index (χ3n) is 2.38. The highest BCUT2D eigenvalue weighted by Crippen LogP contribution is 2.20. The van der Waals surface area contributed by atoms with Crippen LogP contribution in [0.5, 0.6) is 0 Å². The van der Waals surface area contributed by atoms with E-state index in [0.29, 0.717) is 0 Å². The van der Waals surface area contributed by atoms with Crippen LogP contribution >= 0.6 is 0 Å². The molecular weight excluding hydrogens is 286 g/mol. The quantitative estimate of drug-likeness (QED) is 0.458. The van der Waals surface area contributed by atoms with Gasteiger partial charge in [-0.15, -0.1) is 0 Å². The Hall–Kier alpha value is -2.65. The number of aromatic nitrogens is 1. The van der Waals surface area contributed by atoms with E-state index in [4.69, 9.17) is 25.5 Å². The number of cyclic esters (lactones) is 1. The van der Waals surface area contributed by atoms with E-state index in [2.05, 4.69) is 9.72 Å². The first kappa shape index (κ1) is 16.4. The summed E-state index contributed by atoms with van der Waals surface area (Å²) in [6.45, 7) is -0.671. The smallest absolute Gasteiger partial charge is 0.377 e. The summed E-state index contributed by atoms with van der Waals surface area (Å²) in [5.41, 5.74) is 0.220. The van der Waals surface area contributed by atoms with E-state index in [-0.39, 0.29) is 5.56 Å². The SMILES string of the molecule is O=C(O)c1cccnc1.O=C1O[C@H]([C@H](O)CO)C(O)=C1O. The number of aliphatic hydroxyl groups excluding tert-OH is 4. The van der Waals surface area contributed by atoms with Crippen LogP contribution in [0.25, 0.3) is 0 Å². The molecule has 1 aliphatic heterocycles. The lowest BCUT2D eigenvalue weighted by Crippen LogP contribution is -2.31. The van der Waals surface area contributed by atoms with Gasteiger partial charge in [0.2, 0.25) is 5.76 Å². The van der Waals surface area contributed by atoms with Crippen LogP contribution in [0.15, 0.2) is 36.0 Å². The number of carboxylic acid groups (broad SMARTS) is 1. The van der Waals surface area contributed by atoms with Gasteiger partial charge in [0.1, 0.15) is 6.10 Å². The van der Waals surface area contributed by atoms with Crippen molar-refractivity contribution < 1.29 is 39.9 Å². The van der Waals surface area contributed by atoms with E-state index in [1.165, 1.54) is 18.5 Å². The number of rotatable bonds is 3. The molecule has 0 bridgehead atoms. The molecule has 2 atom stereocenters. The minimum absolute atomic E-state index is 0.220. The zero-order valence-corrected chi connectivity index (χ0v) is 10.6. The average molecular weight is 299 g/mol. The van der Waals surface area contributed by atoms with Crippen molar-refractivity contribution in [2.24, 2.45) is 0 Å². The molecule has 1 aromatic heterocycles. The molecule has 2 heterocycles. The second-order valence-corrected chi connectivity index (χ2v) is 3.86. The zero-order chi connectivity index (χ0) is 16.0. The van der Waals surface area contributed by atoms with Crippen LogP contribution in [-0.2, 0) is 9.53 Å². The molecule has 114 valence electrons. The fourth-order valence-electron chi connectivity index (χ4n) is 1.31. The number of carboxylic acids is 1. The number of carbonyl (C=O) groups excluding carboxylic acids is 1. The van der Waals surface area contributed by atoms with Gasteiger partial charge in [-0.2, -0.15) is 0 Å². The summed E-state index contributed by atoms with van der Waals surface area (Å²) in [7, 11) is 0. The van der Waals surface area contributed by atoms with E-state index >= 15 is 0 Å². The molecule has 21 heavy (non-hydrogen) atoms. The van der Waals surface area contributed by atoms with Crippen LogP contribution in [-0.4, -0.2) is 61.3 Å². The largest absolute Gasteiger partial charge is 0.505 e. The van der Waals surface area contributed by atoms with Gasteiger partial charge in [0.05, 0.1) is 12.2 Å². The number of aromatic carboxylic acids is 1. The van der Waals surface area contributed by atoms with Crippen molar-refractivity contribution in [3.63, 3.8) is 0 Å². The molecule has 0 aliphatic carbocycles. The number of pyridine rings is 1. The molecule has 0 saturated carbocycles. The average Bonchev–Trinajstić information content (AvgIpc) is 2.75. The summed E-state index contributed by atoms with van der Waals surface area (Å²) in [6.07, 6.45) is 0.0653. The highest BCUT2D eigenvalue weighted by atomic mass is 16.6. The lowest BCUT2D eigenvalue weighted by atomic mass is 10.2. The fraction of sp³-hybridized carbons (Fsp3) is 0.250. The maximum Gasteiger partial charge on any atom is 0.377 e. The van der Waals surface area contributed by atoms with Crippen molar-refractivity contribution in [2.75, 3.05) is 6.61 Å². The first-order valence-corrected chi connectivity index (χ1v) is 5.63. The highest BCUT2D eigenvalue weighted by molar-refractivity contribution is 5.89. The zero-order valence-electron chi connectivity index (χ0n) is 10.6. The van der Waals surface area contributed by atoms with Crippen LogP contribution in [0.3, 0.4) is 0 Å². The Morgan fingerprint density at radius 1 is 1.43 bits per heavy atom. The van der Waals surface area contributed by atoms with E-state index in [1.807, 2.05) is 0 Å². The van der Waals surface area contributed by atoms with Gasteiger partial charge < -0.3 is 30.3 Å². The molecule has 1 aliphatic rings. The molecule has 9 heteroatoms. The molecule has 0 aromatic carbocycles. The predicted molar refractivity (Wildman–Crippen MR) is 66.5 cm³/mol. The van der Waals surface area contributed by atoms with Crippen LogP contribution in [0.1, 0.15) is 10.4 Å². The van der Waals surface area contributed by atoms with E-state index in [0.717, 1.165) is 0 Å². The van der Waals surface area contributed by atoms with Crippen LogP contribution < -0.4 is 0 Å². The summed E-state index contributed by atoms with van der Waals surface area (Å²) >= 11 is 0. The first-order valence-electron chi connectivity index (χ1n) is 5.63. The molecular formula is C12H13NO8. The summed E-state index contributed by atoms with van der Waals surface area (Å²) in [4.78, 5) is 24.3. The number of nitrogens with zero attached hydrogens (tertiary/aromatic N) is 1. The minimum atomic E-state index is -1.42. The minimum Gasteiger partial charge on any atom is -0.505 e. The maximum absolute atomic E-state index is 10.5. The standard InChI is InChI=1S/C6H5NO2.C6H8O6/c8-6(9)5-2-1-3-7-4-5;7-1-2(8)5-3(9)4(10)6(11)12-5/h1-4H,(H,8,9);2,5,7-10H,1H2/t;2-,5-/m.1/s1. The molecule has 0 saturated heterocycles. The van der Waals surface area contributed by atoms with E-state index in [9.17, 15) is 9.59 Å². The first-order chi connectivity index (χ1) is 9.88. The Kier molecular flexibility index (Phi) is 5.64. The number of esters is 1. The third kappa shape index (κ3) is 4.16. The van der Waals surface area contributed by atoms with Gasteiger partial charge in [0, 0.05) is 12.4 Å². The highest BCUT2D eigenvalue weighted by Gasteiger charge is 2.38. The van der Waals surface area contributed by atoms with Gasteiger partial charge in [0.15, 0.2) is 11.9 Å². The van der Waals surface area contributed by atoms with Crippen LogP contribution in [0.2, 0.25) is 0 Å². The number of hydrogen-bond donors (Lipinski definition) is 5. The number of aliphatic hydroxyl groups is 4. The lowest BCUT2D eigenvalue weighted by molar-refractivity contribution is -0.147. The van der Waals surface area contributed by atoms with Gasteiger partial charge in [-0.1, -0.05) is 0 Å². The number of carbonyl (C=O) groups is 2. The van der Waals surface area contributed by atoms with Gasteiger partial charge in [0.25, 0.3) is 0 Å². The number of hydrogen-bond acceptors (Lipinski definition) is 8. The summed E-state index contributed by atoms with van der Waals surface area (Å²) in [6, 6.07) is 3.08. The Morgan fingerprint density at radius 2 is 2.10 bits per heavy atom. The normalized spacial score (nSPS) is 18.6. The van der Waals surface area contributed by atoms with Gasteiger partial charge in [-0.25, -0.2) is 9.59 Å². The molecule has 0 fully saturated rings.